The van der Waals surface area contributed by atoms with Crippen LogP contribution < -0.4 is 5.32 Å². The lowest BCUT2D eigenvalue weighted by molar-refractivity contribution is -0.138. The van der Waals surface area contributed by atoms with E-state index in [0.29, 0.717) is 18.8 Å². The Bertz CT molecular complexity index is 621. The highest BCUT2D eigenvalue weighted by Crippen LogP contribution is 2.10. The largest absolute Gasteiger partial charge is 0.467 e. The molecule has 1 heterocycles. The fourth-order valence-corrected chi connectivity index (χ4v) is 2.24. The molecule has 0 saturated carbocycles. The van der Waals surface area contributed by atoms with Gasteiger partial charge in [-0.3, -0.25) is 9.59 Å². The number of amides is 2. The molecule has 122 valence electrons. The summed E-state index contributed by atoms with van der Waals surface area (Å²) in [6.45, 7) is 4.69. The molecule has 0 atom stereocenters. The van der Waals surface area contributed by atoms with Gasteiger partial charge in [0.15, 0.2) is 0 Å². The van der Waals surface area contributed by atoms with Crippen LogP contribution in [-0.4, -0.2) is 22.8 Å². The van der Waals surface area contributed by atoms with E-state index in [-0.39, 0.29) is 24.3 Å². The van der Waals surface area contributed by atoms with Crippen molar-refractivity contribution in [2.24, 2.45) is 0 Å². The minimum atomic E-state index is -0.301. The van der Waals surface area contributed by atoms with Gasteiger partial charge in [0, 0.05) is 12.6 Å². The van der Waals surface area contributed by atoms with Gasteiger partial charge in [-0.25, -0.2) is 0 Å². The maximum atomic E-state index is 12.4. The zero-order valence-corrected chi connectivity index (χ0v) is 13.5. The topological polar surface area (TPSA) is 62.6 Å². The lowest BCUT2D eigenvalue weighted by Gasteiger charge is -2.26. The Balaban J connectivity index is 1.88. The molecule has 0 saturated heterocycles. The molecule has 1 aromatic carbocycles. The van der Waals surface area contributed by atoms with E-state index < -0.39 is 0 Å². The first kappa shape index (κ1) is 16.8. The van der Waals surface area contributed by atoms with Crippen LogP contribution in [0, 0.1) is 0 Å². The molecule has 0 aliphatic heterocycles. The summed E-state index contributed by atoms with van der Waals surface area (Å²) in [5, 5.41) is 2.69. The van der Waals surface area contributed by atoms with Gasteiger partial charge in [-0.2, -0.15) is 0 Å². The van der Waals surface area contributed by atoms with Crippen LogP contribution in [0.1, 0.15) is 31.6 Å². The quantitative estimate of drug-likeness (QED) is 0.799. The van der Waals surface area contributed by atoms with Crippen molar-refractivity contribution in [1.82, 2.24) is 10.2 Å². The summed E-state index contributed by atoms with van der Waals surface area (Å²) in [5.74, 6) is 0.182. The van der Waals surface area contributed by atoms with Crippen LogP contribution >= 0.6 is 0 Å². The third-order valence-electron chi connectivity index (χ3n) is 3.49. The van der Waals surface area contributed by atoms with E-state index >= 15 is 0 Å². The summed E-state index contributed by atoms with van der Waals surface area (Å²) in [6, 6.07) is 13.3. The fourth-order valence-electron chi connectivity index (χ4n) is 2.24. The highest BCUT2D eigenvalue weighted by atomic mass is 16.3. The highest BCUT2D eigenvalue weighted by Gasteiger charge is 2.20. The molecule has 0 aliphatic carbocycles. The monoisotopic (exact) mass is 314 g/mol. The SMILES string of the molecule is CC(C)N(Cc1ccccc1)C(=O)CC(=O)NCc1ccco1. The molecular weight excluding hydrogens is 292 g/mol. The van der Waals surface area contributed by atoms with Crippen LogP contribution in [0.15, 0.2) is 53.1 Å². The van der Waals surface area contributed by atoms with E-state index in [1.54, 1.807) is 23.3 Å². The molecule has 23 heavy (non-hydrogen) atoms. The summed E-state index contributed by atoms with van der Waals surface area (Å²) in [4.78, 5) is 26.0. The molecule has 1 aromatic heterocycles. The molecule has 2 amide bonds. The molecule has 0 spiro atoms. The second kappa shape index (κ2) is 8.17. The van der Waals surface area contributed by atoms with Crippen LogP contribution in [0.2, 0.25) is 0 Å². The first-order valence-electron chi connectivity index (χ1n) is 7.68. The zero-order valence-electron chi connectivity index (χ0n) is 13.5. The Hall–Kier alpha value is -2.56. The number of nitrogens with zero attached hydrogens (tertiary/aromatic N) is 1. The van der Waals surface area contributed by atoms with E-state index in [1.165, 1.54) is 0 Å². The van der Waals surface area contributed by atoms with Gasteiger partial charge in [0.05, 0.1) is 12.8 Å². The van der Waals surface area contributed by atoms with Gasteiger partial charge in [0.1, 0.15) is 12.2 Å². The number of rotatable bonds is 7. The minimum Gasteiger partial charge on any atom is -0.467 e. The van der Waals surface area contributed by atoms with Crippen molar-refractivity contribution in [3.05, 3.63) is 60.1 Å². The number of benzene rings is 1. The maximum absolute atomic E-state index is 12.4. The van der Waals surface area contributed by atoms with Crippen LogP contribution in [0.3, 0.4) is 0 Å². The van der Waals surface area contributed by atoms with Crippen molar-refractivity contribution < 1.29 is 14.0 Å². The number of carbonyl (C=O) groups is 2. The van der Waals surface area contributed by atoms with Gasteiger partial charge in [0.2, 0.25) is 11.8 Å². The van der Waals surface area contributed by atoms with E-state index in [4.69, 9.17) is 4.42 Å². The van der Waals surface area contributed by atoms with Gasteiger partial charge in [-0.1, -0.05) is 30.3 Å². The zero-order chi connectivity index (χ0) is 16.7. The molecular formula is C18H22N2O3. The average Bonchev–Trinajstić information content (AvgIpc) is 3.04. The molecule has 0 radical (unpaired) electrons. The average molecular weight is 314 g/mol. The molecule has 2 aromatic rings. The van der Waals surface area contributed by atoms with Crippen molar-refractivity contribution in [3.8, 4) is 0 Å². The predicted octanol–water partition coefficient (Wildman–Crippen LogP) is 2.72. The van der Waals surface area contributed by atoms with E-state index in [2.05, 4.69) is 5.32 Å². The maximum Gasteiger partial charge on any atom is 0.232 e. The number of furan rings is 1. The predicted molar refractivity (Wildman–Crippen MR) is 87.3 cm³/mol. The van der Waals surface area contributed by atoms with Gasteiger partial charge in [-0.05, 0) is 31.5 Å². The Labute approximate surface area is 136 Å². The minimum absolute atomic E-state index is 0.0283. The number of hydrogen-bond acceptors (Lipinski definition) is 3. The number of nitrogens with one attached hydrogen (secondary N) is 1. The van der Waals surface area contributed by atoms with Gasteiger partial charge in [0.25, 0.3) is 0 Å². The van der Waals surface area contributed by atoms with Crippen LogP contribution in [0.4, 0.5) is 0 Å². The Kier molecular flexibility index (Phi) is 5.97. The standard InChI is InChI=1S/C18H22N2O3/c1-14(2)20(13-15-7-4-3-5-8-15)18(22)11-17(21)19-12-16-9-6-10-23-16/h3-10,14H,11-13H2,1-2H3,(H,19,21). The summed E-state index contributed by atoms with van der Waals surface area (Å²) in [7, 11) is 0. The van der Waals surface area contributed by atoms with Crippen molar-refractivity contribution >= 4 is 11.8 Å². The van der Waals surface area contributed by atoms with Crippen molar-refractivity contribution in [2.45, 2.75) is 39.4 Å². The first-order chi connectivity index (χ1) is 11.1. The molecule has 2 rings (SSSR count). The van der Waals surface area contributed by atoms with Crippen LogP contribution in [-0.2, 0) is 22.7 Å². The summed E-state index contributed by atoms with van der Waals surface area (Å²) < 4.78 is 5.14. The molecule has 1 N–H and O–H groups in total. The molecule has 5 heteroatoms. The molecule has 0 bridgehead atoms. The fraction of sp³-hybridized carbons (Fsp3) is 0.333. The van der Waals surface area contributed by atoms with Gasteiger partial charge >= 0.3 is 0 Å². The lowest BCUT2D eigenvalue weighted by atomic mass is 10.1. The Morgan fingerprint density at radius 2 is 1.87 bits per heavy atom. The van der Waals surface area contributed by atoms with Gasteiger partial charge in [-0.15, -0.1) is 0 Å². The Morgan fingerprint density at radius 3 is 2.48 bits per heavy atom. The summed E-state index contributed by atoms with van der Waals surface area (Å²) >= 11 is 0. The van der Waals surface area contributed by atoms with E-state index in [1.807, 2.05) is 44.2 Å². The Morgan fingerprint density at radius 1 is 1.13 bits per heavy atom. The summed E-state index contributed by atoms with van der Waals surface area (Å²) in [6.07, 6.45) is 1.39. The smallest absolute Gasteiger partial charge is 0.232 e. The number of hydrogen-bond donors (Lipinski definition) is 1. The molecule has 5 nitrogen and oxygen atoms in total. The van der Waals surface area contributed by atoms with Crippen molar-refractivity contribution in [2.75, 3.05) is 0 Å². The third-order valence-corrected chi connectivity index (χ3v) is 3.49. The lowest BCUT2D eigenvalue weighted by Crippen LogP contribution is -2.39. The van der Waals surface area contributed by atoms with E-state index in [9.17, 15) is 9.59 Å². The third kappa shape index (κ3) is 5.29. The first-order valence-corrected chi connectivity index (χ1v) is 7.68. The second-order valence-corrected chi connectivity index (χ2v) is 5.63. The van der Waals surface area contributed by atoms with Crippen LogP contribution in [0.5, 0.6) is 0 Å². The van der Waals surface area contributed by atoms with Crippen molar-refractivity contribution in [3.63, 3.8) is 0 Å². The van der Waals surface area contributed by atoms with Crippen LogP contribution in [0.25, 0.3) is 0 Å². The van der Waals surface area contributed by atoms with Crippen molar-refractivity contribution in [1.29, 1.82) is 0 Å². The van der Waals surface area contributed by atoms with Gasteiger partial charge < -0.3 is 14.6 Å². The molecule has 0 unspecified atom stereocenters. The summed E-state index contributed by atoms with van der Waals surface area (Å²) in [5.41, 5.74) is 1.05. The van der Waals surface area contributed by atoms with E-state index in [0.717, 1.165) is 5.56 Å². The molecule has 0 aliphatic rings. The highest BCUT2D eigenvalue weighted by molar-refractivity contribution is 5.96. The molecule has 0 fully saturated rings. The second-order valence-electron chi connectivity index (χ2n) is 5.63. The number of carbonyl (C=O) groups excluding carboxylic acids is 2. The normalized spacial score (nSPS) is 10.6.